The standard InChI is InChI=1S/C19H17BrCl2N2O2/c1-10-7-15(11(2)6-13(10)20)23-19(26)12-8-17(25)24(9-12)16-5-3-4-14(21)18(16)22/h3-7,12H,8-9H2,1-2H3,(H,23,26)/t12-/m0/s1. The minimum Gasteiger partial charge on any atom is -0.326 e. The number of rotatable bonds is 3. The van der Waals surface area contributed by atoms with Crippen LogP contribution in [-0.2, 0) is 9.59 Å². The fourth-order valence-corrected chi connectivity index (χ4v) is 3.82. The van der Waals surface area contributed by atoms with E-state index in [4.69, 9.17) is 23.2 Å². The summed E-state index contributed by atoms with van der Waals surface area (Å²) in [6.45, 7) is 4.16. The number of nitrogens with zero attached hydrogens (tertiary/aromatic N) is 1. The van der Waals surface area contributed by atoms with Gasteiger partial charge in [0.25, 0.3) is 0 Å². The molecule has 0 aliphatic carbocycles. The summed E-state index contributed by atoms with van der Waals surface area (Å²) in [7, 11) is 0. The summed E-state index contributed by atoms with van der Waals surface area (Å²) in [6.07, 6.45) is 0.142. The molecule has 1 fully saturated rings. The molecule has 0 unspecified atom stereocenters. The summed E-state index contributed by atoms with van der Waals surface area (Å²) < 4.78 is 0.991. The molecule has 26 heavy (non-hydrogen) atoms. The van der Waals surface area contributed by atoms with Gasteiger partial charge in [0.05, 0.1) is 21.7 Å². The maximum atomic E-state index is 12.7. The zero-order valence-corrected chi connectivity index (χ0v) is 17.4. The van der Waals surface area contributed by atoms with Crippen molar-refractivity contribution in [2.24, 2.45) is 5.92 Å². The summed E-state index contributed by atoms with van der Waals surface area (Å²) in [4.78, 5) is 26.6. The fourth-order valence-electron chi connectivity index (χ4n) is 2.97. The predicted octanol–water partition coefficient (Wildman–Crippen LogP) is 5.36. The molecular formula is C19H17BrCl2N2O2. The van der Waals surface area contributed by atoms with Gasteiger partial charge in [-0.15, -0.1) is 0 Å². The molecule has 0 spiro atoms. The topological polar surface area (TPSA) is 49.4 Å². The Bertz CT molecular complexity index is 901. The smallest absolute Gasteiger partial charge is 0.229 e. The summed E-state index contributed by atoms with van der Waals surface area (Å²) in [5.41, 5.74) is 3.27. The van der Waals surface area contributed by atoms with Gasteiger partial charge in [-0.2, -0.15) is 0 Å². The van der Waals surface area contributed by atoms with E-state index in [1.165, 1.54) is 4.90 Å². The largest absolute Gasteiger partial charge is 0.326 e. The number of nitrogens with one attached hydrogen (secondary N) is 1. The number of benzene rings is 2. The molecule has 2 aromatic rings. The Labute approximate surface area is 170 Å². The number of carbonyl (C=O) groups is 2. The molecule has 1 heterocycles. The molecule has 0 bridgehead atoms. The van der Waals surface area contributed by atoms with E-state index in [9.17, 15) is 9.59 Å². The minimum absolute atomic E-state index is 0.141. The molecule has 1 saturated heterocycles. The van der Waals surface area contributed by atoms with Gasteiger partial charge < -0.3 is 10.2 Å². The van der Waals surface area contributed by atoms with Crippen molar-refractivity contribution in [2.75, 3.05) is 16.8 Å². The first-order chi connectivity index (χ1) is 12.3. The SMILES string of the molecule is Cc1cc(NC(=O)[C@H]2CC(=O)N(c3cccc(Cl)c3Cl)C2)c(C)cc1Br. The van der Waals surface area contributed by atoms with Gasteiger partial charge in [-0.05, 0) is 49.2 Å². The second kappa shape index (κ2) is 7.59. The van der Waals surface area contributed by atoms with Gasteiger partial charge in [0.2, 0.25) is 11.8 Å². The number of anilines is 2. The van der Waals surface area contributed by atoms with Crippen LogP contribution in [0.15, 0.2) is 34.8 Å². The van der Waals surface area contributed by atoms with Gasteiger partial charge in [0, 0.05) is 23.1 Å². The summed E-state index contributed by atoms with van der Waals surface area (Å²) >= 11 is 15.7. The second-order valence-electron chi connectivity index (χ2n) is 6.38. The van der Waals surface area contributed by atoms with Crippen LogP contribution in [-0.4, -0.2) is 18.4 Å². The van der Waals surface area contributed by atoms with Crippen molar-refractivity contribution in [1.29, 1.82) is 0 Å². The lowest BCUT2D eigenvalue weighted by Gasteiger charge is -2.19. The molecule has 1 N–H and O–H groups in total. The van der Waals surface area contributed by atoms with Crippen LogP contribution < -0.4 is 10.2 Å². The van der Waals surface area contributed by atoms with Crippen LogP contribution in [0.25, 0.3) is 0 Å². The molecule has 2 aromatic carbocycles. The Kier molecular flexibility index (Phi) is 5.61. The molecule has 1 atom stereocenters. The average molecular weight is 456 g/mol. The first kappa shape index (κ1) is 19.2. The molecule has 136 valence electrons. The summed E-state index contributed by atoms with van der Waals surface area (Å²) in [6, 6.07) is 9.01. The van der Waals surface area contributed by atoms with Crippen LogP contribution in [0.3, 0.4) is 0 Å². The molecule has 0 radical (unpaired) electrons. The molecule has 0 saturated carbocycles. The second-order valence-corrected chi connectivity index (χ2v) is 8.02. The van der Waals surface area contributed by atoms with Gasteiger partial charge in [-0.3, -0.25) is 9.59 Å². The van der Waals surface area contributed by atoms with Gasteiger partial charge in [-0.25, -0.2) is 0 Å². The molecule has 7 heteroatoms. The molecule has 1 aliphatic rings. The van der Waals surface area contributed by atoms with E-state index >= 15 is 0 Å². The van der Waals surface area contributed by atoms with Crippen LogP contribution >= 0.6 is 39.1 Å². The highest BCUT2D eigenvalue weighted by Gasteiger charge is 2.36. The van der Waals surface area contributed by atoms with E-state index in [2.05, 4.69) is 21.2 Å². The average Bonchev–Trinajstić information content (AvgIpc) is 2.97. The number of amides is 2. The third-order valence-electron chi connectivity index (χ3n) is 4.48. The molecule has 1 aliphatic heterocycles. The molecule has 4 nitrogen and oxygen atoms in total. The highest BCUT2D eigenvalue weighted by atomic mass is 79.9. The van der Waals surface area contributed by atoms with Crippen molar-refractivity contribution in [3.63, 3.8) is 0 Å². The lowest BCUT2D eigenvalue weighted by atomic mass is 10.1. The molecular weight excluding hydrogens is 439 g/mol. The Hall–Kier alpha value is -1.56. The molecule has 2 amide bonds. The first-order valence-corrected chi connectivity index (χ1v) is 9.65. The van der Waals surface area contributed by atoms with Crippen LogP contribution in [0.2, 0.25) is 10.0 Å². The van der Waals surface area contributed by atoms with Crippen molar-refractivity contribution in [3.05, 3.63) is 56.0 Å². The fraction of sp³-hybridized carbons (Fsp3) is 0.263. The van der Waals surface area contributed by atoms with Crippen LogP contribution in [0, 0.1) is 19.8 Å². The zero-order valence-electron chi connectivity index (χ0n) is 14.3. The number of aryl methyl sites for hydroxylation is 2. The highest BCUT2D eigenvalue weighted by molar-refractivity contribution is 9.10. The lowest BCUT2D eigenvalue weighted by molar-refractivity contribution is -0.122. The van der Waals surface area contributed by atoms with Crippen molar-refractivity contribution < 1.29 is 9.59 Å². The summed E-state index contributed by atoms with van der Waals surface area (Å²) in [5.74, 6) is -0.761. The third-order valence-corrected chi connectivity index (χ3v) is 6.14. The van der Waals surface area contributed by atoms with Crippen LogP contribution in [0.4, 0.5) is 11.4 Å². The molecule has 0 aromatic heterocycles. The minimum atomic E-state index is -0.444. The first-order valence-electron chi connectivity index (χ1n) is 8.10. The van der Waals surface area contributed by atoms with Crippen molar-refractivity contribution >= 4 is 62.3 Å². The van der Waals surface area contributed by atoms with Gasteiger partial charge in [-0.1, -0.05) is 45.2 Å². The van der Waals surface area contributed by atoms with E-state index in [-0.39, 0.29) is 24.8 Å². The van der Waals surface area contributed by atoms with Gasteiger partial charge in [0.1, 0.15) is 0 Å². The number of hydrogen-bond donors (Lipinski definition) is 1. The highest BCUT2D eigenvalue weighted by Crippen LogP contribution is 2.36. The Morgan fingerprint density at radius 1 is 1.23 bits per heavy atom. The maximum absolute atomic E-state index is 12.7. The Morgan fingerprint density at radius 3 is 2.69 bits per heavy atom. The van der Waals surface area contributed by atoms with Crippen LogP contribution in [0.5, 0.6) is 0 Å². The number of carbonyl (C=O) groups excluding carboxylic acids is 2. The van der Waals surface area contributed by atoms with E-state index < -0.39 is 5.92 Å². The third kappa shape index (κ3) is 3.75. The monoisotopic (exact) mass is 454 g/mol. The Balaban J connectivity index is 1.77. The quantitative estimate of drug-likeness (QED) is 0.676. The van der Waals surface area contributed by atoms with Crippen LogP contribution in [0.1, 0.15) is 17.5 Å². The number of halogens is 3. The van der Waals surface area contributed by atoms with E-state index in [0.717, 1.165) is 21.3 Å². The van der Waals surface area contributed by atoms with E-state index in [1.54, 1.807) is 18.2 Å². The maximum Gasteiger partial charge on any atom is 0.229 e. The summed E-state index contributed by atoms with van der Waals surface area (Å²) in [5, 5.41) is 3.64. The van der Waals surface area contributed by atoms with Gasteiger partial charge in [0.15, 0.2) is 0 Å². The van der Waals surface area contributed by atoms with Crippen molar-refractivity contribution in [1.82, 2.24) is 0 Å². The zero-order chi connectivity index (χ0) is 19.0. The van der Waals surface area contributed by atoms with Crippen molar-refractivity contribution in [3.8, 4) is 0 Å². The normalized spacial score (nSPS) is 16.9. The predicted molar refractivity (Wildman–Crippen MR) is 109 cm³/mol. The number of hydrogen-bond acceptors (Lipinski definition) is 2. The molecule has 3 rings (SSSR count). The lowest BCUT2D eigenvalue weighted by Crippen LogP contribution is -2.28. The van der Waals surface area contributed by atoms with Gasteiger partial charge >= 0.3 is 0 Å². The van der Waals surface area contributed by atoms with Crippen molar-refractivity contribution in [2.45, 2.75) is 20.3 Å². The Morgan fingerprint density at radius 2 is 1.96 bits per heavy atom. The van der Waals surface area contributed by atoms with E-state index in [0.29, 0.717) is 15.7 Å². The van der Waals surface area contributed by atoms with E-state index in [1.807, 2.05) is 26.0 Å².